The van der Waals surface area contributed by atoms with Gasteiger partial charge in [0.1, 0.15) is 5.82 Å². The van der Waals surface area contributed by atoms with E-state index in [0.717, 1.165) is 41.4 Å². The molecule has 2 aromatic rings. The number of hydrogen-bond donors (Lipinski definition) is 0. The van der Waals surface area contributed by atoms with Crippen LogP contribution < -0.4 is 0 Å². The molecule has 2 aliphatic rings. The molecule has 4 rings (SSSR count). The molecular formula is C26H33F. The van der Waals surface area contributed by atoms with E-state index in [1.807, 2.05) is 18.2 Å². The highest BCUT2D eigenvalue weighted by atomic mass is 19.1. The minimum atomic E-state index is -0.0419. The van der Waals surface area contributed by atoms with Crippen molar-refractivity contribution in [1.82, 2.24) is 0 Å². The summed E-state index contributed by atoms with van der Waals surface area (Å²) in [5, 5.41) is 1.83. The molecule has 27 heavy (non-hydrogen) atoms. The standard InChI is InChI=1S/C26H33F/c1-3-5-6-19-8-10-23-16-24(17-26(27)25(23)14-19)22-12-11-20-13-18(4-2)7-9-21(20)15-22/h3,8,10,14,16-18,20-22H,1,4-7,9,11-13,15H2,2H3/t18?,20-,21?,22-/m1/s1. The molecule has 0 aromatic heterocycles. The molecule has 144 valence electrons. The van der Waals surface area contributed by atoms with Gasteiger partial charge in [-0.3, -0.25) is 0 Å². The van der Waals surface area contributed by atoms with Crippen molar-refractivity contribution in [3.63, 3.8) is 0 Å². The predicted molar refractivity (Wildman–Crippen MR) is 114 cm³/mol. The molecule has 0 amide bonds. The molecule has 2 aliphatic carbocycles. The quantitative estimate of drug-likeness (QED) is 0.475. The molecule has 2 fully saturated rings. The summed E-state index contributed by atoms with van der Waals surface area (Å²) in [6.07, 6.45) is 13.2. The number of allylic oxidation sites excluding steroid dienone is 1. The molecule has 0 saturated heterocycles. The van der Waals surface area contributed by atoms with Crippen molar-refractivity contribution in [3.05, 3.63) is 59.9 Å². The van der Waals surface area contributed by atoms with Crippen molar-refractivity contribution in [3.8, 4) is 0 Å². The van der Waals surface area contributed by atoms with Crippen LogP contribution in [0.5, 0.6) is 0 Å². The smallest absolute Gasteiger partial charge is 0.131 e. The lowest BCUT2D eigenvalue weighted by Crippen LogP contribution is -2.30. The topological polar surface area (TPSA) is 0 Å². The Labute approximate surface area is 163 Å². The van der Waals surface area contributed by atoms with Crippen LogP contribution in [0.3, 0.4) is 0 Å². The summed E-state index contributed by atoms with van der Waals surface area (Å²) in [5.41, 5.74) is 2.43. The molecule has 0 bridgehead atoms. The lowest BCUT2D eigenvalue weighted by atomic mass is 9.63. The lowest BCUT2D eigenvalue weighted by molar-refractivity contribution is 0.116. The van der Waals surface area contributed by atoms with Gasteiger partial charge in [0.2, 0.25) is 0 Å². The molecule has 1 heteroatoms. The largest absolute Gasteiger partial charge is 0.206 e. The highest BCUT2D eigenvalue weighted by Gasteiger charge is 2.35. The van der Waals surface area contributed by atoms with Gasteiger partial charge >= 0.3 is 0 Å². The molecule has 0 radical (unpaired) electrons. The van der Waals surface area contributed by atoms with E-state index in [4.69, 9.17) is 0 Å². The molecule has 0 nitrogen and oxygen atoms in total. The Morgan fingerprint density at radius 1 is 1.04 bits per heavy atom. The summed E-state index contributed by atoms with van der Waals surface area (Å²) in [6.45, 7) is 6.13. The maximum Gasteiger partial charge on any atom is 0.131 e. The van der Waals surface area contributed by atoms with E-state index in [9.17, 15) is 4.39 Å². The fourth-order valence-electron chi connectivity index (χ4n) is 5.70. The number of aryl methyl sites for hydroxylation is 1. The van der Waals surface area contributed by atoms with Crippen LogP contribution in [0, 0.1) is 23.6 Å². The van der Waals surface area contributed by atoms with E-state index in [1.165, 1.54) is 56.1 Å². The average Bonchev–Trinajstić information content (AvgIpc) is 2.71. The van der Waals surface area contributed by atoms with Crippen LogP contribution in [0.2, 0.25) is 0 Å². The van der Waals surface area contributed by atoms with Crippen LogP contribution in [0.25, 0.3) is 10.8 Å². The van der Waals surface area contributed by atoms with Crippen LogP contribution in [-0.2, 0) is 6.42 Å². The lowest BCUT2D eigenvalue weighted by Gasteiger charge is -2.42. The van der Waals surface area contributed by atoms with Crippen molar-refractivity contribution in [2.45, 2.75) is 70.6 Å². The molecule has 0 aliphatic heterocycles. The van der Waals surface area contributed by atoms with Crippen LogP contribution in [0.4, 0.5) is 4.39 Å². The summed E-state index contributed by atoms with van der Waals surface area (Å²) < 4.78 is 14.9. The Kier molecular flexibility index (Phi) is 5.66. The van der Waals surface area contributed by atoms with Crippen molar-refractivity contribution in [2.75, 3.05) is 0 Å². The summed E-state index contributed by atoms with van der Waals surface area (Å²) in [5.74, 6) is 3.25. The third-order valence-electron chi connectivity index (χ3n) is 7.40. The maximum atomic E-state index is 14.9. The predicted octanol–water partition coefficient (Wildman–Crippen LogP) is 7.81. The number of hydrogen-bond acceptors (Lipinski definition) is 0. The zero-order valence-electron chi connectivity index (χ0n) is 16.7. The molecule has 2 saturated carbocycles. The van der Waals surface area contributed by atoms with Gasteiger partial charge < -0.3 is 0 Å². The second-order valence-electron chi connectivity index (χ2n) is 9.00. The first-order chi connectivity index (χ1) is 13.2. The van der Waals surface area contributed by atoms with E-state index < -0.39 is 0 Å². The first-order valence-corrected chi connectivity index (χ1v) is 11.0. The summed E-state index contributed by atoms with van der Waals surface area (Å²) >= 11 is 0. The van der Waals surface area contributed by atoms with Crippen LogP contribution >= 0.6 is 0 Å². The minimum Gasteiger partial charge on any atom is -0.206 e. The van der Waals surface area contributed by atoms with Crippen molar-refractivity contribution < 1.29 is 4.39 Å². The third-order valence-corrected chi connectivity index (χ3v) is 7.40. The molecule has 4 atom stereocenters. The van der Waals surface area contributed by atoms with Gasteiger partial charge in [0.25, 0.3) is 0 Å². The Balaban J connectivity index is 1.53. The third kappa shape index (κ3) is 3.98. The fourth-order valence-corrected chi connectivity index (χ4v) is 5.70. The molecule has 2 unspecified atom stereocenters. The molecule has 2 aromatic carbocycles. The maximum absolute atomic E-state index is 14.9. The fraction of sp³-hybridized carbons (Fsp3) is 0.538. The van der Waals surface area contributed by atoms with Crippen LogP contribution in [-0.4, -0.2) is 0 Å². The second kappa shape index (κ2) is 8.17. The normalized spacial score (nSPS) is 28.1. The van der Waals surface area contributed by atoms with Gasteiger partial charge in [-0.1, -0.05) is 44.0 Å². The summed E-state index contributed by atoms with van der Waals surface area (Å²) in [7, 11) is 0. The summed E-state index contributed by atoms with van der Waals surface area (Å²) in [4.78, 5) is 0. The zero-order chi connectivity index (χ0) is 18.8. The SMILES string of the molecule is C=CCCc1ccc2cc([C@@H]3CC[C@@H]4CC(CC)CCC4C3)cc(F)c2c1. The molecular weight excluding hydrogens is 331 g/mol. The van der Waals surface area contributed by atoms with Gasteiger partial charge in [-0.05, 0) is 97.3 Å². The van der Waals surface area contributed by atoms with Crippen molar-refractivity contribution in [2.24, 2.45) is 17.8 Å². The van der Waals surface area contributed by atoms with E-state index >= 15 is 0 Å². The number of fused-ring (bicyclic) bond motifs is 2. The van der Waals surface area contributed by atoms with E-state index in [1.54, 1.807) is 0 Å². The van der Waals surface area contributed by atoms with Gasteiger partial charge in [-0.25, -0.2) is 4.39 Å². The van der Waals surface area contributed by atoms with Gasteiger partial charge in [-0.15, -0.1) is 6.58 Å². The Hall–Kier alpha value is -1.63. The molecule has 0 N–H and O–H groups in total. The van der Waals surface area contributed by atoms with Crippen LogP contribution in [0.1, 0.15) is 75.3 Å². The Morgan fingerprint density at radius 3 is 2.67 bits per heavy atom. The first kappa shape index (κ1) is 18.7. The number of halogens is 1. The average molecular weight is 365 g/mol. The van der Waals surface area contributed by atoms with Crippen molar-refractivity contribution in [1.29, 1.82) is 0 Å². The van der Waals surface area contributed by atoms with Gasteiger partial charge in [0, 0.05) is 5.39 Å². The highest BCUT2D eigenvalue weighted by Crippen LogP contribution is 2.48. The van der Waals surface area contributed by atoms with Gasteiger partial charge in [0.05, 0.1) is 0 Å². The first-order valence-electron chi connectivity index (χ1n) is 11.0. The van der Waals surface area contributed by atoms with E-state index in [-0.39, 0.29) is 5.82 Å². The van der Waals surface area contributed by atoms with E-state index in [2.05, 4.69) is 31.7 Å². The number of rotatable bonds is 5. The monoisotopic (exact) mass is 364 g/mol. The van der Waals surface area contributed by atoms with Gasteiger partial charge in [0.15, 0.2) is 0 Å². The molecule has 0 spiro atoms. The Morgan fingerprint density at radius 2 is 1.85 bits per heavy atom. The minimum absolute atomic E-state index is 0.0419. The zero-order valence-corrected chi connectivity index (χ0v) is 16.7. The van der Waals surface area contributed by atoms with E-state index in [0.29, 0.717) is 5.92 Å². The van der Waals surface area contributed by atoms with Gasteiger partial charge in [-0.2, -0.15) is 0 Å². The highest BCUT2D eigenvalue weighted by molar-refractivity contribution is 5.84. The summed E-state index contributed by atoms with van der Waals surface area (Å²) in [6, 6.07) is 10.4. The Bertz CT molecular complexity index is 805. The molecule has 0 heterocycles. The number of benzene rings is 2. The second-order valence-corrected chi connectivity index (χ2v) is 9.00. The van der Waals surface area contributed by atoms with Crippen LogP contribution in [0.15, 0.2) is 43.0 Å². The van der Waals surface area contributed by atoms with Crippen molar-refractivity contribution >= 4 is 10.8 Å².